The molecule has 0 spiro atoms. The smallest absolute Gasteiger partial charge is 0.338 e. The zero-order valence-electron chi connectivity index (χ0n) is 15.5. The Hall–Kier alpha value is -1.58. The maximum atomic E-state index is 12.8. The second-order valence-corrected chi connectivity index (χ2v) is 9.29. The third-order valence-corrected chi connectivity index (χ3v) is 6.99. The SMILES string of the molecule is COC(=O)C1=C(CN2CCSC2)NC(c2nccs2)=NC1c1ccc(Cl)cc1Cl. The van der Waals surface area contributed by atoms with Crippen molar-refractivity contribution in [2.75, 3.05) is 31.8 Å². The van der Waals surface area contributed by atoms with Crippen molar-refractivity contribution < 1.29 is 9.53 Å². The molecule has 1 atom stereocenters. The van der Waals surface area contributed by atoms with Crippen molar-refractivity contribution in [2.45, 2.75) is 6.04 Å². The Morgan fingerprint density at radius 3 is 2.93 bits per heavy atom. The highest BCUT2D eigenvalue weighted by Crippen LogP contribution is 2.37. The Labute approximate surface area is 187 Å². The molecule has 1 aromatic carbocycles. The molecular formula is C19H18Cl2N4O2S2. The summed E-state index contributed by atoms with van der Waals surface area (Å²) >= 11 is 15.9. The van der Waals surface area contributed by atoms with Crippen LogP contribution in [-0.4, -0.2) is 53.5 Å². The van der Waals surface area contributed by atoms with E-state index in [9.17, 15) is 4.79 Å². The Kier molecular flexibility index (Phi) is 6.46. The van der Waals surface area contributed by atoms with E-state index in [1.54, 1.807) is 24.4 Å². The minimum Gasteiger partial charge on any atom is -0.466 e. The molecule has 152 valence electrons. The lowest BCUT2D eigenvalue weighted by molar-refractivity contribution is -0.136. The highest BCUT2D eigenvalue weighted by atomic mass is 35.5. The molecule has 10 heteroatoms. The van der Waals surface area contributed by atoms with Crippen molar-refractivity contribution in [1.82, 2.24) is 15.2 Å². The van der Waals surface area contributed by atoms with E-state index in [1.165, 1.54) is 18.4 Å². The van der Waals surface area contributed by atoms with Crippen LogP contribution in [0.3, 0.4) is 0 Å². The minimum atomic E-state index is -0.613. The molecule has 1 saturated heterocycles. The number of nitrogens with one attached hydrogen (secondary N) is 1. The van der Waals surface area contributed by atoms with Gasteiger partial charge in [0.25, 0.3) is 0 Å². The molecule has 2 aliphatic heterocycles. The molecule has 0 amide bonds. The molecule has 0 bridgehead atoms. The third kappa shape index (κ3) is 4.46. The monoisotopic (exact) mass is 468 g/mol. The molecule has 6 nitrogen and oxygen atoms in total. The van der Waals surface area contributed by atoms with Crippen LogP contribution in [-0.2, 0) is 9.53 Å². The van der Waals surface area contributed by atoms with Gasteiger partial charge in [-0.3, -0.25) is 9.89 Å². The van der Waals surface area contributed by atoms with Gasteiger partial charge >= 0.3 is 5.97 Å². The first-order valence-electron chi connectivity index (χ1n) is 8.88. The average Bonchev–Trinajstić information content (AvgIpc) is 3.41. The van der Waals surface area contributed by atoms with E-state index in [2.05, 4.69) is 15.2 Å². The fourth-order valence-corrected chi connectivity index (χ4v) is 5.36. The van der Waals surface area contributed by atoms with E-state index in [-0.39, 0.29) is 0 Å². The molecular weight excluding hydrogens is 451 g/mol. The quantitative estimate of drug-likeness (QED) is 0.669. The fourth-order valence-electron chi connectivity index (χ4n) is 3.27. The number of halogens is 2. The van der Waals surface area contributed by atoms with Crippen molar-refractivity contribution in [1.29, 1.82) is 0 Å². The number of benzene rings is 1. The number of hydrogen-bond acceptors (Lipinski definition) is 8. The van der Waals surface area contributed by atoms with Gasteiger partial charge in [0, 0.05) is 57.6 Å². The number of methoxy groups -OCH3 is 1. The number of carbonyl (C=O) groups excluding carboxylic acids is 1. The van der Waals surface area contributed by atoms with E-state index in [4.69, 9.17) is 32.9 Å². The van der Waals surface area contributed by atoms with Gasteiger partial charge in [0.1, 0.15) is 6.04 Å². The molecule has 1 N–H and O–H groups in total. The summed E-state index contributed by atoms with van der Waals surface area (Å²) in [7, 11) is 1.37. The van der Waals surface area contributed by atoms with E-state index >= 15 is 0 Å². The lowest BCUT2D eigenvalue weighted by Crippen LogP contribution is -2.38. The van der Waals surface area contributed by atoms with Gasteiger partial charge in [-0.2, -0.15) is 0 Å². The Bertz CT molecular complexity index is 973. The zero-order valence-corrected chi connectivity index (χ0v) is 18.7. The lowest BCUT2D eigenvalue weighted by atomic mass is 9.95. The number of aromatic nitrogens is 1. The molecule has 0 radical (unpaired) electrons. The molecule has 1 unspecified atom stereocenters. The van der Waals surface area contributed by atoms with Gasteiger partial charge in [-0.1, -0.05) is 29.3 Å². The number of thioether (sulfide) groups is 1. The second kappa shape index (κ2) is 9.06. The normalized spacial score (nSPS) is 19.8. The molecule has 29 heavy (non-hydrogen) atoms. The predicted molar refractivity (Wildman–Crippen MR) is 119 cm³/mol. The number of carbonyl (C=O) groups is 1. The fraction of sp³-hybridized carbons (Fsp3) is 0.316. The van der Waals surface area contributed by atoms with Crippen LogP contribution in [0, 0.1) is 0 Å². The van der Waals surface area contributed by atoms with Crippen LogP contribution in [0.15, 0.2) is 46.0 Å². The number of rotatable bonds is 5. The Morgan fingerprint density at radius 1 is 1.41 bits per heavy atom. The molecule has 0 saturated carbocycles. The number of esters is 1. The second-order valence-electron chi connectivity index (χ2n) is 6.48. The van der Waals surface area contributed by atoms with Gasteiger partial charge in [-0.05, 0) is 12.1 Å². The maximum absolute atomic E-state index is 12.8. The van der Waals surface area contributed by atoms with Crippen molar-refractivity contribution in [3.8, 4) is 0 Å². The summed E-state index contributed by atoms with van der Waals surface area (Å²) in [6.45, 7) is 1.55. The number of hydrogen-bond donors (Lipinski definition) is 1. The predicted octanol–water partition coefficient (Wildman–Crippen LogP) is 3.97. The molecule has 3 heterocycles. The van der Waals surface area contributed by atoms with Crippen LogP contribution in [0.2, 0.25) is 10.0 Å². The lowest BCUT2D eigenvalue weighted by Gasteiger charge is -2.29. The van der Waals surface area contributed by atoms with Gasteiger partial charge in [0.05, 0.1) is 12.7 Å². The van der Waals surface area contributed by atoms with Crippen molar-refractivity contribution >= 4 is 58.1 Å². The number of amidine groups is 1. The van der Waals surface area contributed by atoms with Gasteiger partial charge in [0.15, 0.2) is 10.8 Å². The van der Waals surface area contributed by atoms with Gasteiger partial charge in [0.2, 0.25) is 0 Å². The summed E-state index contributed by atoms with van der Waals surface area (Å²) < 4.78 is 5.11. The average molecular weight is 469 g/mol. The largest absolute Gasteiger partial charge is 0.466 e. The van der Waals surface area contributed by atoms with Gasteiger partial charge in [-0.25, -0.2) is 9.78 Å². The van der Waals surface area contributed by atoms with Crippen LogP contribution in [0.5, 0.6) is 0 Å². The number of ether oxygens (including phenoxy) is 1. The van der Waals surface area contributed by atoms with Crippen LogP contribution in [0.1, 0.15) is 16.6 Å². The van der Waals surface area contributed by atoms with Crippen molar-refractivity contribution in [3.63, 3.8) is 0 Å². The first-order chi connectivity index (χ1) is 14.1. The van der Waals surface area contributed by atoms with E-state index in [1.807, 2.05) is 17.1 Å². The number of aliphatic imine (C=N–C) groups is 1. The van der Waals surface area contributed by atoms with Crippen molar-refractivity contribution in [2.24, 2.45) is 4.99 Å². The zero-order chi connectivity index (χ0) is 20.4. The van der Waals surface area contributed by atoms with E-state index < -0.39 is 12.0 Å². The summed E-state index contributed by atoms with van der Waals surface area (Å²) in [5.74, 6) is 2.17. The van der Waals surface area contributed by atoms with Crippen LogP contribution < -0.4 is 5.32 Å². The molecule has 4 rings (SSSR count). The standard InChI is InChI=1S/C19H18Cl2N4O2S2/c1-27-19(26)15-14(9-25-5-7-28-10-25)23-17(18-22-4-6-29-18)24-16(15)12-3-2-11(20)8-13(12)21/h2-4,6,8,16H,5,7,9-10H2,1H3,(H,23,24). The summed E-state index contributed by atoms with van der Waals surface area (Å²) in [5, 5.41) is 6.94. The summed E-state index contributed by atoms with van der Waals surface area (Å²) in [5.41, 5.74) is 1.91. The Morgan fingerprint density at radius 2 is 2.28 bits per heavy atom. The number of nitrogens with zero attached hydrogens (tertiary/aromatic N) is 3. The van der Waals surface area contributed by atoms with Crippen molar-refractivity contribution in [3.05, 3.63) is 61.7 Å². The first-order valence-corrected chi connectivity index (χ1v) is 11.7. The molecule has 2 aliphatic rings. The minimum absolute atomic E-state index is 0.433. The third-order valence-electron chi connectivity index (χ3n) is 4.63. The molecule has 1 fully saturated rings. The van der Waals surface area contributed by atoms with Crippen LogP contribution >= 0.6 is 46.3 Å². The topological polar surface area (TPSA) is 66.8 Å². The highest BCUT2D eigenvalue weighted by Gasteiger charge is 2.34. The molecule has 2 aromatic rings. The number of thiazole rings is 1. The summed E-state index contributed by atoms with van der Waals surface area (Å²) in [4.78, 5) is 24.3. The van der Waals surface area contributed by atoms with Crippen LogP contribution in [0.25, 0.3) is 0 Å². The summed E-state index contributed by atoms with van der Waals surface area (Å²) in [6.07, 6.45) is 1.73. The highest BCUT2D eigenvalue weighted by molar-refractivity contribution is 7.99. The molecule has 1 aromatic heterocycles. The van der Waals surface area contributed by atoms with Crippen LogP contribution in [0.4, 0.5) is 0 Å². The van der Waals surface area contributed by atoms with Gasteiger partial charge < -0.3 is 10.1 Å². The summed E-state index contributed by atoms with van der Waals surface area (Å²) in [6, 6.07) is 4.59. The maximum Gasteiger partial charge on any atom is 0.338 e. The van der Waals surface area contributed by atoms with E-state index in [0.29, 0.717) is 33.6 Å². The Balaban J connectivity index is 1.83. The molecule has 0 aliphatic carbocycles. The first kappa shape index (κ1) is 20.7. The van der Waals surface area contributed by atoms with E-state index in [0.717, 1.165) is 28.9 Å². The van der Waals surface area contributed by atoms with Gasteiger partial charge in [-0.15, -0.1) is 23.1 Å².